The van der Waals surface area contributed by atoms with E-state index in [2.05, 4.69) is 22.2 Å². The Bertz CT molecular complexity index is 832. The zero-order valence-corrected chi connectivity index (χ0v) is 16.1. The lowest BCUT2D eigenvalue weighted by molar-refractivity contribution is -0.137. The number of carbonyl (C=O) groups is 1. The minimum atomic E-state index is -4.39. The van der Waals surface area contributed by atoms with Crippen LogP contribution in [0.1, 0.15) is 11.1 Å². The number of nitrogens with one attached hydrogen (secondary N) is 1. The molecule has 1 fully saturated rings. The summed E-state index contributed by atoms with van der Waals surface area (Å²) < 4.78 is 38.0. The molecule has 1 saturated heterocycles. The van der Waals surface area contributed by atoms with Crippen LogP contribution in [0.3, 0.4) is 0 Å². The summed E-state index contributed by atoms with van der Waals surface area (Å²) >= 11 is 6.10. The van der Waals surface area contributed by atoms with Crippen LogP contribution in [0.15, 0.2) is 42.5 Å². The summed E-state index contributed by atoms with van der Waals surface area (Å²) in [5, 5.41) is 3.35. The Morgan fingerprint density at radius 2 is 1.71 bits per heavy atom. The molecule has 0 aliphatic carbocycles. The molecule has 150 valence electrons. The van der Waals surface area contributed by atoms with Crippen LogP contribution in [0.4, 0.5) is 24.5 Å². The molecular weight excluding hydrogens is 391 g/mol. The number of anilines is 2. The molecule has 2 aromatic rings. The molecule has 1 aliphatic rings. The zero-order chi connectivity index (χ0) is 20.3. The first-order valence-electron chi connectivity index (χ1n) is 8.91. The fourth-order valence-electron chi connectivity index (χ4n) is 3.12. The van der Waals surface area contributed by atoms with E-state index in [1.807, 2.05) is 6.07 Å². The fourth-order valence-corrected chi connectivity index (χ4v) is 3.29. The number of rotatable bonds is 4. The van der Waals surface area contributed by atoms with Gasteiger partial charge in [0.05, 0.1) is 23.4 Å². The maximum atomic E-state index is 12.7. The largest absolute Gasteiger partial charge is 0.416 e. The van der Waals surface area contributed by atoms with Crippen molar-refractivity contribution in [3.05, 3.63) is 58.6 Å². The summed E-state index contributed by atoms with van der Waals surface area (Å²) in [5.41, 5.74) is 1.27. The predicted octanol–water partition coefficient (Wildman–Crippen LogP) is 4.29. The summed E-state index contributed by atoms with van der Waals surface area (Å²) in [6, 6.07) is 9.96. The van der Waals surface area contributed by atoms with Crippen LogP contribution in [0.25, 0.3) is 0 Å². The number of likely N-dealkylation sites (N-methyl/N-ethyl adjacent to an activating group) is 1. The number of hydrogen-bond acceptors (Lipinski definition) is 3. The lowest BCUT2D eigenvalue weighted by Crippen LogP contribution is -2.44. The Balaban J connectivity index is 1.70. The number of halogens is 4. The van der Waals surface area contributed by atoms with E-state index in [1.54, 1.807) is 12.1 Å². The molecule has 0 unspecified atom stereocenters. The van der Waals surface area contributed by atoms with Crippen LogP contribution < -0.4 is 10.2 Å². The predicted molar refractivity (Wildman–Crippen MR) is 105 cm³/mol. The van der Waals surface area contributed by atoms with Gasteiger partial charge in [-0.1, -0.05) is 23.7 Å². The summed E-state index contributed by atoms with van der Waals surface area (Å²) in [6.45, 7) is 3.50. The van der Waals surface area contributed by atoms with Gasteiger partial charge in [0.25, 0.3) is 0 Å². The third-order valence-corrected chi connectivity index (χ3v) is 4.96. The van der Waals surface area contributed by atoms with Crippen LogP contribution >= 0.6 is 11.6 Å². The highest BCUT2D eigenvalue weighted by Crippen LogP contribution is 2.31. The molecule has 0 spiro atoms. The van der Waals surface area contributed by atoms with Crippen LogP contribution in [-0.4, -0.2) is 44.0 Å². The van der Waals surface area contributed by atoms with Gasteiger partial charge in [0.2, 0.25) is 5.91 Å². The maximum absolute atomic E-state index is 12.7. The number of hydrogen-bond donors (Lipinski definition) is 1. The zero-order valence-electron chi connectivity index (χ0n) is 15.4. The number of alkyl halides is 3. The van der Waals surface area contributed by atoms with Crippen molar-refractivity contribution in [1.82, 2.24) is 4.90 Å². The number of amides is 1. The molecule has 1 aliphatic heterocycles. The number of nitrogens with zero attached hydrogens (tertiary/aromatic N) is 2. The second-order valence-corrected chi connectivity index (χ2v) is 7.31. The van der Waals surface area contributed by atoms with E-state index in [0.717, 1.165) is 44.0 Å². The van der Waals surface area contributed by atoms with Gasteiger partial charge in [-0.05, 0) is 42.9 Å². The molecule has 2 aromatic carbocycles. The van der Waals surface area contributed by atoms with Crippen molar-refractivity contribution in [2.45, 2.75) is 12.6 Å². The Kier molecular flexibility index (Phi) is 6.15. The molecule has 0 atom stereocenters. The highest BCUT2D eigenvalue weighted by molar-refractivity contribution is 6.31. The first-order valence-corrected chi connectivity index (χ1v) is 9.29. The number of benzene rings is 2. The second kappa shape index (κ2) is 8.41. The van der Waals surface area contributed by atoms with E-state index in [-0.39, 0.29) is 12.3 Å². The molecule has 0 bridgehead atoms. The van der Waals surface area contributed by atoms with Crippen LogP contribution in [0.5, 0.6) is 0 Å². The SMILES string of the molecule is CN1CCN(c2ccc(Cl)cc2NC(=O)Cc2ccc(C(F)(F)F)cc2)CC1. The second-order valence-electron chi connectivity index (χ2n) is 6.87. The van der Waals surface area contributed by atoms with Gasteiger partial charge < -0.3 is 15.1 Å². The van der Waals surface area contributed by atoms with Gasteiger partial charge in [0, 0.05) is 31.2 Å². The van der Waals surface area contributed by atoms with Crippen molar-refractivity contribution in [1.29, 1.82) is 0 Å². The van der Waals surface area contributed by atoms with Crippen molar-refractivity contribution >= 4 is 28.9 Å². The Morgan fingerprint density at radius 3 is 2.32 bits per heavy atom. The average Bonchev–Trinajstić information content (AvgIpc) is 2.62. The van der Waals surface area contributed by atoms with E-state index < -0.39 is 11.7 Å². The molecule has 8 heteroatoms. The number of piperazine rings is 1. The first-order chi connectivity index (χ1) is 13.2. The van der Waals surface area contributed by atoms with Crippen molar-refractivity contribution in [3.8, 4) is 0 Å². The van der Waals surface area contributed by atoms with Crippen LogP contribution in [-0.2, 0) is 17.4 Å². The number of carbonyl (C=O) groups excluding carboxylic acids is 1. The summed E-state index contributed by atoms with van der Waals surface area (Å²) in [4.78, 5) is 16.9. The van der Waals surface area contributed by atoms with Gasteiger partial charge in [-0.25, -0.2) is 0 Å². The molecule has 1 heterocycles. The third-order valence-electron chi connectivity index (χ3n) is 4.72. The van der Waals surface area contributed by atoms with Gasteiger partial charge in [0.15, 0.2) is 0 Å². The third kappa shape index (κ3) is 5.17. The standard InChI is InChI=1S/C20H21ClF3N3O/c1-26-8-10-27(11-9-26)18-7-6-16(21)13-17(18)25-19(28)12-14-2-4-15(5-3-14)20(22,23)24/h2-7,13H,8-12H2,1H3,(H,25,28). The van der Waals surface area contributed by atoms with E-state index >= 15 is 0 Å². The Labute approximate surface area is 166 Å². The molecule has 0 saturated carbocycles. The van der Waals surface area contributed by atoms with Crippen molar-refractivity contribution in [2.24, 2.45) is 0 Å². The van der Waals surface area contributed by atoms with E-state index in [0.29, 0.717) is 16.3 Å². The van der Waals surface area contributed by atoms with Crippen molar-refractivity contribution < 1.29 is 18.0 Å². The van der Waals surface area contributed by atoms with Crippen LogP contribution in [0.2, 0.25) is 5.02 Å². The minimum absolute atomic E-state index is 0.0210. The van der Waals surface area contributed by atoms with Crippen molar-refractivity contribution in [3.63, 3.8) is 0 Å². The smallest absolute Gasteiger partial charge is 0.367 e. The lowest BCUT2D eigenvalue weighted by atomic mass is 10.1. The lowest BCUT2D eigenvalue weighted by Gasteiger charge is -2.35. The fraction of sp³-hybridized carbons (Fsp3) is 0.350. The minimum Gasteiger partial charge on any atom is -0.367 e. The summed E-state index contributed by atoms with van der Waals surface area (Å²) in [5.74, 6) is -0.308. The molecule has 4 nitrogen and oxygen atoms in total. The normalized spacial score (nSPS) is 15.5. The van der Waals surface area contributed by atoms with Gasteiger partial charge in [0.1, 0.15) is 0 Å². The average molecular weight is 412 g/mol. The van der Waals surface area contributed by atoms with Gasteiger partial charge in [-0.2, -0.15) is 13.2 Å². The van der Waals surface area contributed by atoms with Gasteiger partial charge in [-0.3, -0.25) is 4.79 Å². The maximum Gasteiger partial charge on any atom is 0.416 e. The van der Waals surface area contributed by atoms with Crippen LogP contribution in [0, 0.1) is 0 Å². The van der Waals surface area contributed by atoms with Gasteiger partial charge >= 0.3 is 6.18 Å². The molecule has 0 aromatic heterocycles. The monoisotopic (exact) mass is 411 g/mol. The van der Waals surface area contributed by atoms with E-state index in [4.69, 9.17) is 11.6 Å². The quantitative estimate of drug-likeness (QED) is 0.815. The molecule has 28 heavy (non-hydrogen) atoms. The Hall–Kier alpha value is -2.25. The van der Waals surface area contributed by atoms with Gasteiger partial charge in [-0.15, -0.1) is 0 Å². The summed E-state index contributed by atoms with van der Waals surface area (Å²) in [7, 11) is 2.06. The highest BCUT2D eigenvalue weighted by Gasteiger charge is 2.30. The molecule has 1 amide bonds. The topological polar surface area (TPSA) is 35.6 Å². The summed E-state index contributed by atoms with van der Waals surface area (Å²) in [6.07, 6.45) is -4.41. The van der Waals surface area contributed by atoms with Crippen molar-refractivity contribution in [2.75, 3.05) is 43.4 Å². The molecular formula is C20H21ClF3N3O. The first kappa shape index (κ1) is 20.5. The Morgan fingerprint density at radius 1 is 1.07 bits per heavy atom. The molecule has 3 rings (SSSR count). The molecule has 1 N–H and O–H groups in total. The van der Waals surface area contributed by atoms with E-state index in [1.165, 1.54) is 12.1 Å². The molecule has 0 radical (unpaired) electrons. The van der Waals surface area contributed by atoms with E-state index in [9.17, 15) is 18.0 Å². The highest BCUT2D eigenvalue weighted by atomic mass is 35.5.